The molecule has 0 spiro atoms. The number of amides is 1. The highest BCUT2D eigenvalue weighted by atomic mass is 79.9. The van der Waals surface area contributed by atoms with Crippen molar-refractivity contribution >= 4 is 27.5 Å². The van der Waals surface area contributed by atoms with Crippen molar-refractivity contribution in [3.63, 3.8) is 0 Å². The van der Waals surface area contributed by atoms with Crippen molar-refractivity contribution in [3.8, 4) is 5.75 Å². The van der Waals surface area contributed by atoms with Gasteiger partial charge >= 0.3 is 0 Å². The van der Waals surface area contributed by atoms with Crippen LogP contribution in [0.3, 0.4) is 0 Å². The predicted molar refractivity (Wildman–Crippen MR) is 91.4 cm³/mol. The van der Waals surface area contributed by atoms with E-state index in [0.29, 0.717) is 12.3 Å². The van der Waals surface area contributed by atoms with Gasteiger partial charge in [0.1, 0.15) is 11.4 Å². The van der Waals surface area contributed by atoms with Crippen molar-refractivity contribution in [2.75, 3.05) is 6.61 Å². The van der Waals surface area contributed by atoms with Gasteiger partial charge in [0.15, 0.2) is 6.61 Å². The number of para-hydroxylation sites is 1. The van der Waals surface area contributed by atoms with E-state index in [1.54, 1.807) is 0 Å². The molecule has 1 aromatic carbocycles. The number of rotatable bonds is 5. The van der Waals surface area contributed by atoms with Gasteiger partial charge in [0.05, 0.1) is 12.2 Å². The van der Waals surface area contributed by atoms with Crippen LogP contribution in [0.2, 0.25) is 0 Å². The molecule has 0 saturated carbocycles. The number of nitrogens with zero attached hydrogens (tertiary/aromatic N) is 2. The van der Waals surface area contributed by atoms with Crippen molar-refractivity contribution in [2.24, 2.45) is 0 Å². The summed E-state index contributed by atoms with van der Waals surface area (Å²) in [7, 11) is 0. The zero-order chi connectivity index (χ0) is 16.2. The number of carbonyl (C=O) groups is 1. The third kappa shape index (κ3) is 3.90. The molecule has 3 rings (SSSR count). The second kappa shape index (κ2) is 6.83. The Morgan fingerprint density at radius 2 is 2.09 bits per heavy atom. The van der Waals surface area contributed by atoms with Gasteiger partial charge in [-0.2, -0.15) is 0 Å². The Bertz CT molecular complexity index is 830. The van der Waals surface area contributed by atoms with E-state index in [0.717, 1.165) is 21.4 Å². The molecule has 0 saturated heterocycles. The lowest BCUT2D eigenvalue weighted by atomic mass is 10.3. The molecule has 0 bridgehead atoms. The van der Waals surface area contributed by atoms with Gasteiger partial charge in [0.25, 0.3) is 5.91 Å². The number of carbonyl (C=O) groups excluding carboxylic acids is 1. The van der Waals surface area contributed by atoms with Crippen LogP contribution < -0.4 is 10.1 Å². The van der Waals surface area contributed by atoms with E-state index in [2.05, 4.69) is 26.2 Å². The number of nitrogens with one attached hydrogen (secondary N) is 1. The standard InChI is InChI=1S/C17H16BrN3O2/c1-12-7-13(18)9-21-10-14(20-17(12)21)8-19-16(22)11-23-15-5-3-2-4-6-15/h2-7,9-10H,8,11H2,1H3,(H,19,22). The van der Waals surface area contributed by atoms with E-state index in [1.807, 2.05) is 60.1 Å². The van der Waals surface area contributed by atoms with E-state index in [-0.39, 0.29) is 12.5 Å². The number of fused-ring (bicyclic) bond motifs is 1. The van der Waals surface area contributed by atoms with Crippen LogP contribution >= 0.6 is 15.9 Å². The average molecular weight is 374 g/mol. The Hall–Kier alpha value is -2.34. The molecule has 0 fully saturated rings. The SMILES string of the molecule is Cc1cc(Br)cn2cc(CNC(=O)COc3ccccc3)nc12. The summed E-state index contributed by atoms with van der Waals surface area (Å²) >= 11 is 3.46. The topological polar surface area (TPSA) is 55.6 Å². The molecular weight excluding hydrogens is 358 g/mol. The van der Waals surface area contributed by atoms with Gasteiger partial charge in [-0.15, -0.1) is 0 Å². The average Bonchev–Trinajstić information content (AvgIpc) is 2.95. The first-order valence-corrected chi connectivity index (χ1v) is 7.99. The van der Waals surface area contributed by atoms with Gasteiger partial charge in [-0.1, -0.05) is 18.2 Å². The third-order valence-corrected chi connectivity index (χ3v) is 3.77. The van der Waals surface area contributed by atoms with Crippen LogP contribution in [0.1, 0.15) is 11.3 Å². The maximum Gasteiger partial charge on any atom is 0.258 e. The quantitative estimate of drug-likeness (QED) is 0.747. The normalized spacial score (nSPS) is 10.7. The van der Waals surface area contributed by atoms with Crippen molar-refractivity contribution < 1.29 is 9.53 Å². The minimum Gasteiger partial charge on any atom is -0.484 e. The summed E-state index contributed by atoms with van der Waals surface area (Å²) in [5.41, 5.74) is 2.77. The second-order valence-electron chi connectivity index (χ2n) is 5.18. The fourth-order valence-electron chi connectivity index (χ4n) is 2.27. The number of imidazole rings is 1. The predicted octanol–water partition coefficient (Wildman–Crippen LogP) is 3.10. The van der Waals surface area contributed by atoms with Crippen LogP contribution in [0.15, 0.2) is 53.3 Å². The number of benzene rings is 1. The first kappa shape index (κ1) is 15.6. The molecule has 0 aliphatic carbocycles. The minimum atomic E-state index is -0.177. The van der Waals surface area contributed by atoms with Crippen LogP contribution in [0.5, 0.6) is 5.75 Å². The molecule has 3 aromatic rings. The van der Waals surface area contributed by atoms with Crippen LogP contribution in [-0.4, -0.2) is 21.9 Å². The Kier molecular flexibility index (Phi) is 4.62. The summed E-state index contributed by atoms with van der Waals surface area (Å²) in [6.07, 6.45) is 3.85. The molecule has 0 unspecified atom stereocenters. The Morgan fingerprint density at radius 3 is 2.87 bits per heavy atom. The van der Waals surface area contributed by atoms with E-state index in [4.69, 9.17) is 4.74 Å². The highest BCUT2D eigenvalue weighted by Gasteiger charge is 2.07. The fraction of sp³-hybridized carbons (Fsp3) is 0.176. The number of aryl methyl sites for hydroxylation is 1. The highest BCUT2D eigenvalue weighted by Crippen LogP contribution is 2.17. The van der Waals surface area contributed by atoms with Crippen LogP contribution in [0.4, 0.5) is 0 Å². The van der Waals surface area contributed by atoms with E-state index >= 15 is 0 Å². The van der Waals surface area contributed by atoms with Gasteiger partial charge in [0.2, 0.25) is 0 Å². The summed E-state index contributed by atoms with van der Waals surface area (Å²) in [4.78, 5) is 16.4. The maximum absolute atomic E-state index is 11.8. The molecule has 6 heteroatoms. The first-order chi connectivity index (χ1) is 11.1. The molecule has 0 aliphatic rings. The van der Waals surface area contributed by atoms with Crippen LogP contribution in [0, 0.1) is 6.92 Å². The Morgan fingerprint density at radius 1 is 1.30 bits per heavy atom. The van der Waals surface area contributed by atoms with Crippen molar-refractivity contribution in [3.05, 3.63) is 64.5 Å². The zero-order valence-electron chi connectivity index (χ0n) is 12.6. The van der Waals surface area contributed by atoms with Crippen molar-refractivity contribution in [2.45, 2.75) is 13.5 Å². The number of aromatic nitrogens is 2. The number of pyridine rings is 1. The Labute approximate surface area is 142 Å². The lowest BCUT2D eigenvalue weighted by molar-refractivity contribution is -0.123. The van der Waals surface area contributed by atoms with E-state index in [1.165, 1.54) is 0 Å². The van der Waals surface area contributed by atoms with E-state index < -0.39 is 0 Å². The lowest BCUT2D eigenvalue weighted by Crippen LogP contribution is -2.28. The lowest BCUT2D eigenvalue weighted by Gasteiger charge is -2.06. The summed E-state index contributed by atoms with van der Waals surface area (Å²) < 4.78 is 8.34. The van der Waals surface area contributed by atoms with Gasteiger partial charge in [-0.25, -0.2) is 4.98 Å². The number of halogens is 1. The fourth-order valence-corrected chi connectivity index (χ4v) is 2.83. The highest BCUT2D eigenvalue weighted by molar-refractivity contribution is 9.10. The summed E-state index contributed by atoms with van der Waals surface area (Å²) in [6, 6.07) is 11.3. The van der Waals surface area contributed by atoms with Gasteiger partial charge in [-0.3, -0.25) is 4.79 Å². The third-order valence-electron chi connectivity index (χ3n) is 3.33. The molecular formula is C17H16BrN3O2. The first-order valence-electron chi connectivity index (χ1n) is 7.20. The number of hydrogen-bond acceptors (Lipinski definition) is 3. The molecule has 23 heavy (non-hydrogen) atoms. The largest absolute Gasteiger partial charge is 0.484 e. The molecule has 1 N–H and O–H groups in total. The van der Waals surface area contributed by atoms with E-state index in [9.17, 15) is 4.79 Å². The molecule has 2 aromatic heterocycles. The van der Waals surface area contributed by atoms with Crippen molar-refractivity contribution in [1.29, 1.82) is 0 Å². The van der Waals surface area contributed by atoms with Crippen LogP contribution in [0.25, 0.3) is 5.65 Å². The Balaban J connectivity index is 1.57. The van der Waals surface area contributed by atoms with Gasteiger partial charge in [0, 0.05) is 16.9 Å². The zero-order valence-corrected chi connectivity index (χ0v) is 14.2. The molecule has 5 nitrogen and oxygen atoms in total. The maximum atomic E-state index is 11.8. The van der Waals surface area contributed by atoms with Crippen molar-refractivity contribution in [1.82, 2.24) is 14.7 Å². The van der Waals surface area contributed by atoms with Gasteiger partial charge < -0.3 is 14.5 Å². The molecule has 0 radical (unpaired) electrons. The number of ether oxygens (including phenoxy) is 1. The monoisotopic (exact) mass is 373 g/mol. The molecule has 0 atom stereocenters. The second-order valence-corrected chi connectivity index (χ2v) is 6.10. The molecule has 0 aliphatic heterocycles. The van der Waals surface area contributed by atoms with Crippen LogP contribution in [-0.2, 0) is 11.3 Å². The summed E-state index contributed by atoms with van der Waals surface area (Å²) in [6.45, 7) is 2.36. The van der Waals surface area contributed by atoms with Gasteiger partial charge in [-0.05, 0) is 46.6 Å². The molecule has 118 valence electrons. The smallest absolute Gasteiger partial charge is 0.258 e. The summed E-state index contributed by atoms with van der Waals surface area (Å²) in [5, 5.41) is 2.81. The number of hydrogen-bond donors (Lipinski definition) is 1. The minimum absolute atomic E-state index is 0.0119. The molecule has 2 heterocycles. The molecule has 1 amide bonds. The summed E-state index contributed by atoms with van der Waals surface area (Å²) in [5.74, 6) is 0.500.